The standard InChI is InChI=1S/C34H29B/c1-24-18-33-31(22-28(24)20-26-12-6-3-7-13-26)32-23-29(21-27-14-8-4-9-15-27)25(2)19-34(32)35(33)30-16-10-5-11-17-30/h3-19,22-23H,20-21H2,1-2H3. The van der Waals surface area contributed by atoms with Gasteiger partial charge in [-0.15, -0.1) is 0 Å². The molecule has 0 aliphatic carbocycles. The third-order valence-electron chi connectivity index (χ3n) is 7.54. The third kappa shape index (κ3) is 4.12. The molecule has 5 aromatic carbocycles. The van der Waals surface area contributed by atoms with E-state index in [0.717, 1.165) is 12.8 Å². The second-order valence-corrected chi connectivity index (χ2v) is 9.90. The summed E-state index contributed by atoms with van der Waals surface area (Å²) >= 11 is 0. The van der Waals surface area contributed by atoms with Crippen molar-refractivity contribution in [3.05, 3.63) is 149 Å². The van der Waals surface area contributed by atoms with E-state index in [9.17, 15) is 0 Å². The molecule has 0 unspecified atom stereocenters. The Balaban J connectivity index is 1.51. The zero-order valence-electron chi connectivity index (χ0n) is 20.5. The first-order valence-corrected chi connectivity index (χ1v) is 12.6. The molecular formula is C34H29B. The highest BCUT2D eigenvalue weighted by atomic mass is 14.2. The maximum Gasteiger partial charge on any atom is 0.242 e. The summed E-state index contributed by atoms with van der Waals surface area (Å²) in [4.78, 5) is 0. The summed E-state index contributed by atoms with van der Waals surface area (Å²) in [5, 5.41) is 0. The predicted octanol–water partition coefficient (Wildman–Crippen LogP) is 5.98. The predicted molar refractivity (Wildman–Crippen MR) is 151 cm³/mol. The third-order valence-corrected chi connectivity index (χ3v) is 7.54. The van der Waals surface area contributed by atoms with Crippen LogP contribution in [0.5, 0.6) is 0 Å². The molecule has 1 heterocycles. The van der Waals surface area contributed by atoms with Crippen LogP contribution in [0.25, 0.3) is 11.1 Å². The summed E-state index contributed by atoms with van der Waals surface area (Å²) in [6, 6.07) is 42.5. The van der Waals surface area contributed by atoms with Gasteiger partial charge in [-0.2, -0.15) is 0 Å². The van der Waals surface area contributed by atoms with Crippen molar-refractivity contribution in [3.63, 3.8) is 0 Å². The Morgan fingerprint density at radius 2 is 0.886 bits per heavy atom. The van der Waals surface area contributed by atoms with E-state index in [0.29, 0.717) is 0 Å². The Morgan fingerprint density at radius 1 is 0.486 bits per heavy atom. The maximum absolute atomic E-state index is 2.47. The Bertz CT molecular complexity index is 1390. The first kappa shape index (κ1) is 21.7. The molecule has 35 heavy (non-hydrogen) atoms. The SMILES string of the molecule is Cc1cc2c(cc1Cc1ccccc1)-c1cc(Cc3ccccc3)c(C)cc1B2c1ccccc1. The second-order valence-electron chi connectivity index (χ2n) is 9.90. The van der Waals surface area contributed by atoms with Crippen molar-refractivity contribution in [1.82, 2.24) is 0 Å². The van der Waals surface area contributed by atoms with Crippen LogP contribution in [-0.2, 0) is 12.8 Å². The maximum atomic E-state index is 2.47. The van der Waals surface area contributed by atoms with Gasteiger partial charge in [0.15, 0.2) is 0 Å². The normalized spacial score (nSPS) is 11.9. The molecule has 1 aliphatic rings. The fraction of sp³-hybridized carbons (Fsp3) is 0.118. The van der Waals surface area contributed by atoms with Gasteiger partial charge in [0.25, 0.3) is 0 Å². The Kier molecular flexibility index (Phi) is 5.62. The zero-order valence-corrected chi connectivity index (χ0v) is 20.5. The molecule has 5 aromatic rings. The second kappa shape index (κ2) is 9.08. The summed E-state index contributed by atoms with van der Waals surface area (Å²) in [6.07, 6.45) is 1.93. The average molecular weight is 448 g/mol. The van der Waals surface area contributed by atoms with E-state index in [1.165, 1.54) is 60.9 Å². The number of hydrogen-bond donors (Lipinski definition) is 0. The summed E-state index contributed by atoms with van der Waals surface area (Å²) in [5.41, 5.74) is 15.4. The van der Waals surface area contributed by atoms with Crippen LogP contribution in [0.3, 0.4) is 0 Å². The van der Waals surface area contributed by atoms with Crippen molar-refractivity contribution < 1.29 is 0 Å². The summed E-state index contributed by atoms with van der Waals surface area (Å²) in [6.45, 7) is 4.83. The van der Waals surface area contributed by atoms with E-state index >= 15 is 0 Å². The zero-order chi connectivity index (χ0) is 23.8. The van der Waals surface area contributed by atoms with Gasteiger partial charge in [0.1, 0.15) is 0 Å². The topological polar surface area (TPSA) is 0 Å². The lowest BCUT2D eigenvalue weighted by molar-refractivity contribution is 1.15. The molecule has 0 saturated heterocycles. The largest absolute Gasteiger partial charge is 0.242 e. The number of aryl methyl sites for hydroxylation is 2. The van der Waals surface area contributed by atoms with Gasteiger partial charge < -0.3 is 0 Å². The van der Waals surface area contributed by atoms with Crippen molar-refractivity contribution in [3.8, 4) is 11.1 Å². The van der Waals surface area contributed by atoms with Crippen LogP contribution >= 0.6 is 0 Å². The van der Waals surface area contributed by atoms with Crippen molar-refractivity contribution >= 4 is 23.1 Å². The lowest BCUT2D eigenvalue weighted by Gasteiger charge is -2.14. The van der Waals surface area contributed by atoms with E-state index < -0.39 is 0 Å². The summed E-state index contributed by atoms with van der Waals surface area (Å²) in [5.74, 6) is 0. The highest BCUT2D eigenvalue weighted by Crippen LogP contribution is 2.30. The van der Waals surface area contributed by atoms with Crippen molar-refractivity contribution in [2.45, 2.75) is 26.7 Å². The molecule has 0 saturated carbocycles. The smallest absolute Gasteiger partial charge is 0.0686 e. The Labute approximate surface area is 209 Å². The number of fused-ring (bicyclic) bond motifs is 3. The van der Waals surface area contributed by atoms with Gasteiger partial charge in [0.2, 0.25) is 6.71 Å². The Morgan fingerprint density at radius 3 is 1.31 bits per heavy atom. The quantitative estimate of drug-likeness (QED) is 0.285. The summed E-state index contributed by atoms with van der Waals surface area (Å²) in [7, 11) is 0. The van der Waals surface area contributed by atoms with Crippen molar-refractivity contribution in [2.75, 3.05) is 0 Å². The molecule has 0 radical (unpaired) electrons. The van der Waals surface area contributed by atoms with Gasteiger partial charge in [0, 0.05) is 0 Å². The van der Waals surface area contributed by atoms with Crippen LogP contribution < -0.4 is 16.4 Å². The molecule has 6 rings (SSSR count). The highest BCUT2D eigenvalue weighted by Gasteiger charge is 2.34. The molecule has 1 aliphatic heterocycles. The number of benzene rings is 5. The van der Waals surface area contributed by atoms with E-state index in [4.69, 9.17) is 0 Å². The van der Waals surface area contributed by atoms with E-state index in [-0.39, 0.29) is 6.71 Å². The molecule has 0 nitrogen and oxygen atoms in total. The lowest BCUT2D eigenvalue weighted by atomic mass is 9.38. The minimum Gasteiger partial charge on any atom is -0.0686 e. The molecule has 168 valence electrons. The van der Waals surface area contributed by atoms with Crippen LogP contribution in [0, 0.1) is 13.8 Å². The van der Waals surface area contributed by atoms with Gasteiger partial charge in [0.05, 0.1) is 0 Å². The first-order valence-electron chi connectivity index (χ1n) is 12.6. The molecule has 0 aromatic heterocycles. The van der Waals surface area contributed by atoms with Crippen LogP contribution in [0.4, 0.5) is 0 Å². The van der Waals surface area contributed by atoms with Gasteiger partial charge in [-0.05, 0) is 71.2 Å². The molecule has 0 spiro atoms. The Hall–Kier alpha value is -3.84. The summed E-state index contributed by atoms with van der Waals surface area (Å²) < 4.78 is 0. The fourth-order valence-electron chi connectivity index (χ4n) is 5.68. The van der Waals surface area contributed by atoms with Crippen molar-refractivity contribution in [1.29, 1.82) is 0 Å². The minimum absolute atomic E-state index is 0.287. The van der Waals surface area contributed by atoms with E-state index in [1.807, 2.05) is 0 Å². The van der Waals surface area contributed by atoms with E-state index in [2.05, 4.69) is 129 Å². The monoisotopic (exact) mass is 448 g/mol. The number of hydrogen-bond acceptors (Lipinski definition) is 0. The van der Waals surface area contributed by atoms with Crippen LogP contribution in [-0.4, -0.2) is 6.71 Å². The molecule has 0 N–H and O–H groups in total. The average Bonchev–Trinajstić information content (AvgIpc) is 3.18. The van der Waals surface area contributed by atoms with Gasteiger partial charge >= 0.3 is 0 Å². The highest BCUT2D eigenvalue weighted by molar-refractivity contribution is 6.99. The molecule has 0 amide bonds. The fourth-order valence-corrected chi connectivity index (χ4v) is 5.68. The molecule has 0 fully saturated rings. The van der Waals surface area contributed by atoms with Crippen molar-refractivity contribution in [2.24, 2.45) is 0 Å². The van der Waals surface area contributed by atoms with Crippen LogP contribution in [0.2, 0.25) is 0 Å². The molecule has 0 bridgehead atoms. The van der Waals surface area contributed by atoms with Gasteiger partial charge in [-0.3, -0.25) is 0 Å². The van der Waals surface area contributed by atoms with Crippen LogP contribution in [0.1, 0.15) is 33.4 Å². The van der Waals surface area contributed by atoms with Gasteiger partial charge in [-0.1, -0.05) is 132 Å². The lowest BCUT2D eigenvalue weighted by Crippen LogP contribution is -2.49. The molecular weight excluding hydrogens is 419 g/mol. The van der Waals surface area contributed by atoms with Gasteiger partial charge in [-0.25, -0.2) is 0 Å². The molecule has 0 atom stereocenters. The van der Waals surface area contributed by atoms with Crippen LogP contribution in [0.15, 0.2) is 115 Å². The minimum atomic E-state index is 0.287. The molecule has 1 heteroatoms. The number of rotatable bonds is 5. The first-order chi connectivity index (χ1) is 17.2. The van der Waals surface area contributed by atoms with E-state index in [1.54, 1.807) is 0 Å².